The van der Waals surface area contributed by atoms with Crippen LogP contribution in [0.15, 0.2) is 128 Å². The number of benzene rings is 4. The van der Waals surface area contributed by atoms with Crippen molar-refractivity contribution < 1.29 is 14.3 Å². The third-order valence-electron chi connectivity index (χ3n) is 7.63. The molecule has 0 saturated carbocycles. The lowest BCUT2D eigenvalue weighted by Crippen LogP contribution is -2.40. The number of ether oxygens (including phenoxy) is 2. The maximum absolute atomic E-state index is 13.6. The third kappa shape index (κ3) is 5.52. The quantitative estimate of drug-likeness (QED) is 0.159. The fourth-order valence-corrected chi connectivity index (χ4v) is 5.65. The van der Waals surface area contributed by atoms with Crippen molar-refractivity contribution >= 4 is 5.91 Å². The Morgan fingerprint density at radius 2 is 1.33 bits per heavy atom. The molecule has 1 saturated heterocycles. The first-order chi connectivity index (χ1) is 19.2. The largest absolute Gasteiger partial charge is 0.497 e. The van der Waals surface area contributed by atoms with Crippen molar-refractivity contribution in [3.05, 3.63) is 150 Å². The lowest BCUT2D eigenvalue weighted by Gasteiger charge is -2.38. The van der Waals surface area contributed by atoms with Gasteiger partial charge in [0.1, 0.15) is 11.4 Å². The molecule has 2 atom stereocenters. The zero-order valence-electron chi connectivity index (χ0n) is 22.4. The van der Waals surface area contributed by atoms with Gasteiger partial charge < -0.3 is 14.4 Å². The van der Waals surface area contributed by atoms with Gasteiger partial charge in [0.15, 0.2) is 0 Å². The summed E-state index contributed by atoms with van der Waals surface area (Å²) in [4.78, 5) is 15.6. The van der Waals surface area contributed by atoms with Crippen LogP contribution < -0.4 is 4.74 Å². The third-order valence-corrected chi connectivity index (χ3v) is 7.63. The Labute approximate surface area is 231 Å². The standard InChI is InChI=1S/C35H35NO3/c1-3-13-28-24-32(36(34(28)37)25-27-20-22-33(38-2)23-21-27)26-39-35(29-14-7-4-8-15-29,30-16-9-5-10-17-30)31-18-11-6-12-19-31/h3-12,14-23,28,32H,1,13,24-26H2,2H3/t28-,32+/m1/s1. The SMILES string of the molecule is C=CC[C@@H]1C[C@@H](COC(c2ccccc2)(c2ccccc2)c2ccccc2)N(Cc2ccc(OC)cc2)C1=O. The minimum atomic E-state index is -0.824. The van der Waals surface area contributed by atoms with Crippen LogP contribution in [0.2, 0.25) is 0 Å². The van der Waals surface area contributed by atoms with Crippen molar-refractivity contribution in [2.24, 2.45) is 5.92 Å². The molecule has 39 heavy (non-hydrogen) atoms. The van der Waals surface area contributed by atoms with Gasteiger partial charge in [0.25, 0.3) is 0 Å². The number of rotatable bonds is 11. The first kappa shape index (κ1) is 26.5. The highest BCUT2D eigenvalue weighted by molar-refractivity contribution is 5.81. The summed E-state index contributed by atoms with van der Waals surface area (Å²) in [5.41, 5.74) is 3.40. The number of likely N-dealkylation sites (tertiary alicyclic amines) is 1. The average molecular weight is 518 g/mol. The second kappa shape index (κ2) is 12.1. The Bertz CT molecular complexity index is 1260. The van der Waals surface area contributed by atoms with Gasteiger partial charge in [-0.15, -0.1) is 6.58 Å². The van der Waals surface area contributed by atoms with Gasteiger partial charge in [-0.3, -0.25) is 4.79 Å². The summed E-state index contributed by atoms with van der Waals surface area (Å²) < 4.78 is 12.4. The van der Waals surface area contributed by atoms with Crippen molar-refractivity contribution in [3.8, 4) is 5.75 Å². The molecule has 1 heterocycles. The number of carbonyl (C=O) groups is 1. The first-order valence-corrected chi connectivity index (χ1v) is 13.5. The highest BCUT2D eigenvalue weighted by Gasteiger charge is 2.43. The Balaban J connectivity index is 1.52. The molecule has 4 aromatic carbocycles. The Morgan fingerprint density at radius 1 is 0.821 bits per heavy atom. The average Bonchev–Trinajstić information content (AvgIpc) is 3.29. The van der Waals surface area contributed by atoms with Gasteiger partial charge in [-0.25, -0.2) is 0 Å². The number of hydrogen-bond acceptors (Lipinski definition) is 3. The normalized spacial score (nSPS) is 17.3. The van der Waals surface area contributed by atoms with Crippen molar-refractivity contribution in [2.75, 3.05) is 13.7 Å². The smallest absolute Gasteiger partial charge is 0.226 e. The van der Waals surface area contributed by atoms with E-state index in [0.717, 1.165) is 34.4 Å². The van der Waals surface area contributed by atoms with Crippen LogP contribution in [-0.4, -0.2) is 30.6 Å². The molecule has 4 nitrogen and oxygen atoms in total. The fourth-order valence-electron chi connectivity index (χ4n) is 5.65. The highest BCUT2D eigenvalue weighted by atomic mass is 16.5. The number of carbonyl (C=O) groups excluding carboxylic acids is 1. The van der Waals surface area contributed by atoms with Crippen LogP contribution in [0, 0.1) is 5.92 Å². The van der Waals surface area contributed by atoms with Gasteiger partial charge in [-0.2, -0.15) is 0 Å². The molecule has 1 amide bonds. The molecule has 0 aromatic heterocycles. The number of hydrogen-bond donors (Lipinski definition) is 0. The van der Waals surface area contributed by atoms with E-state index in [0.29, 0.717) is 19.6 Å². The molecule has 198 valence electrons. The number of nitrogens with zero attached hydrogens (tertiary/aromatic N) is 1. The molecule has 0 unspecified atom stereocenters. The van der Waals surface area contributed by atoms with Crippen molar-refractivity contribution in [3.63, 3.8) is 0 Å². The predicted octanol–water partition coefficient (Wildman–Crippen LogP) is 7.00. The summed E-state index contributed by atoms with van der Waals surface area (Å²) in [6, 6.07) is 38.9. The molecule has 4 aromatic rings. The number of allylic oxidation sites excluding steroid dienone is 1. The van der Waals surface area contributed by atoms with E-state index < -0.39 is 5.60 Å². The topological polar surface area (TPSA) is 38.8 Å². The van der Waals surface area contributed by atoms with E-state index in [9.17, 15) is 4.79 Å². The van der Waals surface area contributed by atoms with E-state index in [1.807, 2.05) is 53.4 Å². The molecule has 1 aliphatic rings. The van der Waals surface area contributed by atoms with Crippen LogP contribution in [0.5, 0.6) is 5.75 Å². The van der Waals surface area contributed by atoms with Crippen molar-refractivity contribution in [2.45, 2.75) is 31.0 Å². The molecule has 4 heteroatoms. The minimum absolute atomic E-state index is 0.0694. The highest BCUT2D eigenvalue weighted by Crippen LogP contribution is 2.41. The summed E-state index contributed by atoms with van der Waals surface area (Å²) >= 11 is 0. The van der Waals surface area contributed by atoms with Crippen molar-refractivity contribution in [1.82, 2.24) is 4.90 Å². The summed E-state index contributed by atoms with van der Waals surface area (Å²) in [5.74, 6) is 0.868. The van der Waals surface area contributed by atoms with Gasteiger partial charge in [0, 0.05) is 12.5 Å². The van der Waals surface area contributed by atoms with Crippen LogP contribution in [0.4, 0.5) is 0 Å². The Hall–Kier alpha value is -4.15. The van der Waals surface area contributed by atoms with Crippen LogP contribution in [0.3, 0.4) is 0 Å². The molecule has 0 N–H and O–H groups in total. The summed E-state index contributed by atoms with van der Waals surface area (Å²) in [7, 11) is 1.66. The molecular formula is C35H35NO3. The van der Waals surface area contributed by atoms with E-state index in [2.05, 4.69) is 79.4 Å². The second-order valence-corrected chi connectivity index (χ2v) is 10.0. The molecule has 0 aliphatic carbocycles. The monoisotopic (exact) mass is 517 g/mol. The fraction of sp³-hybridized carbons (Fsp3) is 0.229. The predicted molar refractivity (Wildman–Crippen MR) is 155 cm³/mol. The summed E-state index contributed by atoms with van der Waals surface area (Å²) in [5, 5.41) is 0. The number of amides is 1. The zero-order chi connectivity index (χ0) is 27.1. The Morgan fingerprint density at radius 3 is 1.79 bits per heavy atom. The molecule has 0 spiro atoms. The molecular weight excluding hydrogens is 482 g/mol. The zero-order valence-corrected chi connectivity index (χ0v) is 22.4. The lowest BCUT2D eigenvalue weighted by molar-refractivity contribution is -0.133. The molecule has 1 aliphatic heterocycles. The molecule has 0 radical (unpaired) electrons. The molecule has 1 fully saturated rings. The van der Waals surface area contributed by atoms with E-state index >= 15 is 0 Å². The van der Waals surface area contributed by atoms with E-state index in [1.54, 1.807) is 7.11 Å². The van der Waals surface area contributed by atoms with Crippen LogP contribution in [0.25, 0.3) is 0 Å². The maximum Gasteiger partial charge on any atom is 0.226 e. The van der Waals surface area contributed by atoms with Gasteiger partial charge in [0.2, 0.25) is 5.91 Å². The van der Waals surface area contributed by atoms with Gasteiger partial charge >= 0.3 is 0 Å². The van der Waals surface area contributed by atoms with Gasteiger partial charge in [-0.1, -0.05) is 109 Å². The second-order valence-electron chi connectivity index (χ2n) is 10.0. The van der Waals surface area contributed by atoms with E-state index in [-0.39, 0.29) is 17.9 Å². The minimum Gasteiger partial charge on any atom is -0.497 e. The summed E-state index contributed by atoms with van der Waals surface area (Å²) in [6.45, 7) is 4.82. The van der Waals surface area contributed by atoms with Gasteiger partial charge in [-0.05, 0) is 47.2 Å². The maximum atomic E-state index is 13.6. The molecule has 5 rings (SSSR count). The lowest BCUT2D eigenvalue weighted by atomic mass is 9.80. The molecule has 0 bridgehead atoms. The van der Waals surface area contributed by atoms with E-state index in [1.165, 1.54) is 0 Å². The van der Waals surface area contributed by atoms with Crippen LogP contribution >= 0.6 is 0 Å². The van der Waals surface area contributed by atoms with Gasteiger partial charge in [0.05, 0.1) is 19.8 Å². The Kier molecular flexibility index (Phi) is 8.24. The van der Waals surface area contributed by atoms with E-state index in [4.69, 9.17) is 9.47 Å². The summed E-state index contributed by atoms with van der Waals surface area (Å²) in [6.07, 6.45) is 3.24. The first-order valence-electron chi connectivity index (χ1n) is 13.5. The van der Waals surface area contributed by atoms with Crippen molar-refractivity contribution in [1.29, 1.82) is 0 Å². The van der Waals surface area contributed by atoms with Crippen LogP contribution in [0.1, 0.15) is 35.1 Å². The van der Waals surface area contributed by atoms with Crippen LogP contribution in [-0.2, 0) is 21.7 Å². The number of methoxy groups -OCH3 is 1.